The highest BCUT2D eigenvalue weighted by molar-refractivity contribution is 6.74. The van der Waals surface area contributed by atoms with E-state index in [4.69, 9.17) is 13.6 Å². The van der Waals surface area contributed by atoms with Crippen LogP contribution in [0.25, 0.3) is 0 Å². The summed E-state index contributed by atoms with van der Waals surface area (Å²) in [4.78, 5) is 26.9. The van der Waals surface area contributed by atoms with E-state index in [1.165, 1.54) is 12.2 Å². The summed E-state index contributed by atoms with van der Waals surface area (Å²) in [7, 11) is -2.93. The van der Waals surface area contributed by atoms with Crippen LogP contribution in [0.15, 0.2) is 30.4 Å². The molecule has 0 aliphatic heterocycles. The Morgan fingerprint density at radius 3 is 1.62 bits per heavy atom. The van der Waals surface area contributed by atoms with Crippen molar-refractivity contribution < 1.29 is 23.2 Å². The van der Waals surface area contributed by atoms with E-state index in [1.54, 1.807) is 7.11 Å². The van der Waals surface area contributed by atoms with Gasteiger partial charge in [-0.1, -0.05) is 53.7 Å². The maximum atomic E-state index is 13.4. The summed E-state index contributed by atoms with van der Waals surface area (Å²) < 4.78 is 19.7. The molecule has 1 aromatic carbocycles. The fourth-order valence-corrected chi connectivity index (χ4v) is 6.85. The summed E-state index contributed by atoms with van der Waals surface area (Å²) in [5.74, 6) is -0.705. The number of hydrogen-bond donors (Lipinski definition) is 0. The number of benzene rings is 1. The summed E-state index contributed by atoms with van der Waals surface area (Å²) in [6.07, 6.45) is 1.78. The first-order chi connectivity index (χ1) is 15.4. The van der Waals surface area contributed by atoms with Crippen molar-refractivity contribution in [1.29, 1.82) is 0 Å². The number of ether oxygens (including phenoxy) is 1. The smallest absolute Gasteiger partial charge is 0.192 e. The minimum absolute atomic E-state index is 0.0480. The third kappa shape index (κ3) is 4.64. The Labute approximate surface area is 207 Å². The highest BCUT2D eigenvalue weighted by Gasteiger charge is 2.56. The summed E-state index contributed by atoms with van der Waals surface area (Å²) in [6.45, 7) is 21.8. The van der Waals surface area contributed by atoms with Crippen LogP contribution >= 0.6 is 0 Å². The van der Waals surface area contributed by atoms with Gasteiger partial charge in [0, 0.05) is 5.56 Å². The molecule has 188 valence electrons. The first kappa shape index (κ1) is 27.0. The molecular formula is C27H42O5Si2. The summed E-state index contributed by atoms with van der Waals surface area (Å²) >= 11 is 0. The maximum absolute atomic E-state index is 13.4. The lowest BCUT2D eigenvalue weighted by molar-refractivity contribution is -0.139. The molecule has 4 atom stereocenters. The summed E-state index contributed by atoms with van der Waals surface area (Å²) in [5.41, 5.74) is 1.77. The number of allylic oxidation sites excluding steroid dienone is 2. The van der Waals surface area contributed by atoms with Crippen LogP contribution in [0.2, 0.25) is 36.3 Å². The zero-order valence-corrected chi connectivity index (χ0v) is 24.7. The van der Waals surface area contributed by atoms with Crippen molar-refractivity contribution in [3.05, 3.63) is 41.5 Å². The van der Waals surface area contributed by atoms with Crippen molar-refractivity contribution in [2.24, 2.45) is 11.8 Å². The van der Waals surface area contributed by atoms with Gasteiger partial charge in [-0.25, -0.2) is 0 Å². The van der Waals surface area contributed by atoms with E-state index >= 15 is 0 Å². The van der Waals surface area contributed by atoms with Gasteiger partial charge in [-0.3, -0.25) is 9.59 Å². The minimum Gasteiger partial charge on any atom is -0.496 e. The van der Waals surface area contributed by atoms with E-state index in [9.17, 15) is 9.59 Å². The average molecular weight is 503 g/mol. The Balaban J connectivity index is 2.28. The normalized spacial score (nSPS) is 25.7. The Hall–Kier alpha value is -1.55. The molecule has 7 heteroatoms. The standard InChI is InChI=1S/C27H42O5Si2/c1-26(2,3)33(8,9)31-24-17-13-12-14-20(30-7)21(17)25(32-34(10,11)27(4,5)6)23-19(29)16-15-18(28)22(23)24/h12-16,22-25H,1-11H3/t22-,23+,24+,25-/m0/s1. The van der Waals surface area contributed by atoms with Crippen LogP contribution in [0.3, 0.4) is 0 Å². The number of methoxy groups -OCH3 is 1. The fraction of sp³-hybridized carbons (Fsp3) is 0.630. The molecule has 0 aromatic heterocycles. The lowest BCUT2D eigenvalue weighted by atomic mass is 9.66. The van der Waals surface area contributed by atoms with Gasteiger partial charge >= 0.3 is 0 Å². The lowest BCUT2D eigenvalue weighted by Crippen LogP contribution is -2.52. The zero-order valence-electron chi connectivity index (χ0n) is 22.7. The molecule has 1 aromatic rings. The number of rotatable bonds is 5. The lowest BCUT2D eigenvalue weighted by Gasteiger charge is -2.50. The molecule has 0 fully saturated rings. The largest absolute Gasteiger partial charge is 0.496 e. The molecule has 0 bridgehead atoms. The van der Waals surface area contributed by atoms with Crippen molar-refractivity contribution in [3.8, 4) is 5.75 Å². The molecule has 0 amide bonds. The molecule has 34 heavy (non-hydrogen) atoms. The molecule has 5 nitrogen and oxygen atoms in total. The van der Waals surface area contributed by atoms with E-state index in [2.05, 4.69) is 67.7 Å². The number of hydrogen-bond acceptors (Lipinski definition) is 5. The minimum atomic E-state index is -2.30. The van der Waals surface area contributed by atoms with E-state index in [1.807, 2.05) is 18.2 Å². The second kappa shape index (κ2) is 8.84. The van der Waals surface area contributed by atoms with E-state index < -0.39 is 40.7 Å². The number of carbonyl (C=O) groups excluding carboxylic acids is 2. The molecule has 0 heterocycles. The summed E-state index contributed by atoms with van der Waals surface area (Å²) in [6, 6.07) is 5.87. The molecule has 0 saturated carbocycles. The number of fused-ring (bicyclic) bond motifs is 2. The molecule has 3 rings (SSSR count). The molecule has 0 unspecified atom stereocenters. The van der Waals surface area contributed by atoms with Gasteiger partial charge in [-0.15, -0.1) is 0 Å². The van der Waals surface area contributed by atoms with Crippen molar-refractivity contribution in [1.82, 2.24) is 0 Å². The van der Waals surface area contributed by atoms with Gasteiger partial charge in [0.25, 0.3) is 0 Å². The SMILES string of the molecule is COc1cccc2c1[C@H](O[Si](C)(C)C(C)(C)C)[C@@H]1C(=O)C=CC(=O)[C@@H]1[C@@H]2O[Si](C)(C)C(C)(C)C. The Kier molecular flexibility index (Phi) is 7.03. The van der Waals surface area contributed by atoms with Gasteiger partial charge in [0.1, 0.15) is 5.75 Å². The second-order valence-electron chi connectivity index (χ2n) is 12.8. The van der Waals surface area contributed by atoms with Crippen LogP contribution in [0.5, 0.6) is 5.75 Å². The quantitative estimate of drug-likeness (QED) is 0.416. The van der Waals surface area contributed by atoms with Crippen LogP contribution in [0.4, 0.5) is 0 Å². The molecule has 0 radical (unpaired) electrons. The first-order valence-electron chi connectivity index (χ1n) is 12.2. The number of ketones is 2. The third-order valence-corrected chi connectivity index (χ3v) is 17.4. The predicted molar refractivity (Wildman–Crippen MR) is 141 cm³/mol. The van der Waals surface area contributed by atoms with Gasteiger partial charge in [0.2, 0.25) is 0 Å². The molecule has 2 aliphatic carbocycles. The highest BCUT2D eigenvalue weighted by atomic mass is 28.4. The van der Waals surface area contributed by atoms with Crippen LogP contribution in [-0.4, -0.2) is 35.3 Å². The highest BCUT2D eigenvalue weighted by Crippen LogP contribution is 2.56. The fourth-order valence-electron chi connectivity index (χ4n) is 4.34. The van der Waals surface area contributed by atoms with Gasteiger partial charge in [-0.2, -0.15) is 0 Å². The summed E-state index contributed by atoms with van der Waals surface area (Å²) in [5, 5.41) is -0.107. The third-order valence-electron chi connectivity index (χ3n) is 8.47. The van der Waals surface area contributed by atoms with Gasteiger partial charge in [0.15, 0.2) is 28.2 Å². The van der Waals surface area contributed by atoms with Gasteiger partial charge < -0.3 is 13.6 Å². The Morgan fingerprint density at radius 2 is 1.18 bits per heavy atom. The maximum Gasteiger partial charge on any atom is 0.192 e. The molecular weight excluding hydrogens is 460 g/mol. The van der Waals surface area contributed by atoms with Gasteiger partial charge in [0.05, 0.1) is 31.2 Å². The second-order valence-corrected chi connectivity index (χ2v) is 22.3. The average Bonchev–Trinajstić information content (AvgIpc) is 2.69. The van der Waals surface area contributed by atoms with Crippen molar-refractivity contribution in [2.75, 3.05) is 7.11 Å². The molecule has 0 spiro atoms. The van der Waals surface area contributed by atoms with Crippen LogP contribution in [-0.2, 0) is 18.4 Å². The van der Waals surface area contributed by atoms with Crippen molar-refractivity contribution >= 4 is 28.2 Å². The van der Waals surface area contributed by atoms with E-state index in [0.717, 1.165) is 11.1 Å². The van der Waals surface area contributed by atoms with Crippen LogP contribution in [0.1, 0.15) is 64.9 Å². The van der Waals surface area contributed by atoms with Gasteiger partial charge in [-0.05, 0) is 60.0 Å². The van der Waals surface area contributed by atoms with E-state index in [0.29, 0.717) is 5.75 Å². The predicted octanol–water partition coefficient (Wildman–Crippen LogP) is 6.78. The molecule has 2 aliphatic rings. The zero-order chi connectivity index (χ0) is 25.9. The Morgan fingerprint density at radius 1 is 0.735 bits per heavy atom. The topological polar surface area (TPSA) is 61.8 Å². The van der Waals surface area contributed by atoms with Crippen LogP contribution < -0.4 is 4.74 Å². The van der Waals surface area contributed by atoms with Crippen LogP contribution in [0, 0.1) is 11.8 Å². The Bertz CT molecular complexity index is 997. The number of carbonyl (C=O) groups is 2. The molecule has 0 N–H and O–H groups in total. The first-order valence-corrected chi connectivity index (χ1v) is 18.0. The van der Waals surface area contributed by atoms with E-state index in [-0.39, 0.29) is 21.6 Å². The molecule has 0 saturated heterocycles. The van der Waals surface area contributed by atoms with Crippen molar-refractivity contribution in [3.63, 3.8) is 0 Å². The monoisotopic (exact) mass is 502 g/mol. The van der Waals surface area contributed by atoms with Crippen molar-refractivity contribution in [2.45, 2.75) is 90.0 Å².